The van der Waals surface area contributed by atoms with Gasteiger partial charge >= 0.3 is 5.97 Å². The molecule has 0 aromatic heterocycles. The lowest BCUT2D eigenvalue weighted by Gasteiger charge is -2.22. The molecule has 5 nitrogen and oxygen atoms in total. The minimum absolute atomic E-state index is 0.0703. The number of ether oxygens (including phenoxy) is 2. The number of aryl methyl sites for hydroxylation is 1. The van der Waals surface area contributed by atoms with Crippen LogP contribution in [0.2, 0.25) is 0 Å². The number of hydrogen-bond donors (Lipinski definition) is 0. The Morgan fingerprint density at radius 2 is 2.04 bits per heavy atom. The Hall–Kier alpha value is -2.92. The van der Waals surface area contributed by atoms with Crippen LogP contribution in [0.25, 0.3) is 0 Å². The van der Waals surface area contributed by atoms with E-state index in [0.29, 0.717) is 6.54 Å². The molecule has 5 heteroatoms. The fraction of sp³-hybridized carbons (Fsp3) is 0.304. The molecular formula is C23H21NO4. The summed E-state index contributed by atoms with van der Waals surface area (Å²) in [5, 5.41) is 0. The average Bonchev–Trinajstić information content (AvgIpc) is 3.35. The molecule has 0 unspecified atom stereocenters. The van der Waals surface area contributed by atoms with Crippen LogP contribution in [0.3, 0.4) is 0 Å². The third kappa shape index (κ3) is 2.58. The van der Waals surface area contributed by atoms with E-state index in [9.17, 15) is 9.59 Å². The zero-order chi connectivity index (χ0) is 19.3. The van der Waals surface area contributed by atoms with Crippen LogP contribution in [0.1, 0.15) is 11.1 Å². The highest BCUT2D eigenvalue weighted by molar-refractivity contribution is 6.02. The topological polar surface area (TPSA) is 55.8 Å². The molecule has 2 aromatic rings. The largest absolute Gasteiger partial charge is 0.460 e. The van der Waals surface area contributed by atoms with Crippen molar-refractivity contribution >= 4 is 17.6 Å². The van der Waals surface area contributed by atoms with E-state index in [4.69, 9.17) is 9.47 Å². The molecule has 1 spiro atoms. The van der Waals surface area contributed by atoms with Gasteiger partial charge in [0.15, 0.2) is 0 Å². The van der Waals surface area contributed by atoms with Gasteiger partial charge in [0, 0.05) is 5.69 Å². The van der Waals surface area contributed by atoms with Gasteiger partial charge in [-0.25, -0.2) is 0 Å². The van der Waals surface area contributed by atoms with E-state index >= 15 is 0 Å². The molecule has 4 atom stereocenters. The maximum absolute atomic E-state index is 13.3. The van der Waals surface area contributed by atoms with Gasteiger partial charge in [0.25, 0.3) is 0 Å². The van der Waals surface area contributed by atoms with Crippen molar-refractivity contribution in [2.75, 3.05) is 11.4 Å². The van der Waals surface area contributed by atoms with E-state index in [1.807, 2.05) is 73.7 Å². The fourth-order valence-corrected chi connectivity index (χ4v) is 4.61. The highest BCUT2D eigenvalue weighted by Gasteiger charge is 2.67. The first kappa shape index (κ1) is 17.2. The summed E-state index contributed by atoms with van der Waals surface area (Å²) < 4.78 is 11.7. The maximum Gasteiger partial charge on any atom is 0.313 e. The van der Waals surface area contributed by atoms with E-state index in [1.54, 1.807) is 4.90 Å². The lowest BCUT2D eigenvalue weighted by molar-refractivity contribution is -0.153. The van der Waals surface area contributed by atoms with Gasteiger partial charge in [-0.1, -0.05) is 54.6 Å². The number of hydrogen-bond acceptors (Lipinski definition) is 4. The first-order chi connectivity index (χ1) is 13.6. The number of anilines is 1. The summed E-state index contributed by atoms with van der Waals surface area (Å²) in [7, 11) is 0. The van der Waals surface area contributed by atoms with Crippen molar-refractivity contribution in [3.05, 3.63) is 77.9 Å². The second kappa shape index (κ2) is 6.31. The van der Waals surface area contributed by atoms with Gasteiger partial charge in [-0.15, -0.1) is 0 Å². The second-order valence-electron chi connectivity index (χ2n) is 7.76. The summed E-state index contributed by atoms with van der Waals surface area (Å²) in [5.41, 5.74) is 2.11. The smallest absolute Gasteiger partial charge is 0.313 e. The third-order valence-electron chi connectivity index (χ3n) is 5.91. The monoisotopic (exact) mass is 375 g/mol. The number of rotatable bonds is 4. The van der Waals surface area contributed by atoms with Gasteiger partial charge in [-0.05, 0) is 30.2 Å². The van der Waals surface area contributed by atoms with Crippen molar-refractivity contribution in [2.45, 2.75) is 25.2 Å². The normalized spacial score (nSPS) is 30.0. The molecule has 2 aromatic carbocycles. The molecule has 5 rings (SSSR count). The molecule has 2 fully saturated rings. The van der Waals surface area contributed by atoms with E-state index in [2.05, 4.69) is 0 Å². The molecule has 3 heterocycles. The van der Waals surface area contributed by atoms with Crippen molar-refractivity contribution in [3.63, 3.8) is 0 Å². The lowest BCUT2D eigenvalue weighted by atomic mass is 9.77. The highest BCUT2D eigenvalue weighted by atomic mass is 16.6. The minimum Gasteiger partial charge on any atom is -0.460 e. The van der Waals surface area contributed by atoms with Crippen molar-refractivity contribution in [3.8, 4) is 0 Å². The summed E-state index contributed by atoms with van der Waals surface area (Å²) in [6.07, 6.45) is 3.46. The molecule has 0 saturated carbocycles. The minimum atomic E-state index is -0.734. The molecule has 0 aliphatic carbocycles. The van der Waals surface area contributed by atoms with Gasteiger partial charge in [0.2, 0.25) is 5.91 Å². The number of carbonyl (C=O) groups is 2. The number of esters is 1. The number of nitrogens with zero attached hydrogens (tertiary/aromatic N) is 1. The van der Waals surface area contributed by atoms with E-state index < -0.39 is 23.5 Å². The summed E-state index contributed by atoms with van der Waals surface area (Å²) in [6.45, 7) is 2.62. The number of amides is 1. The van der Waals surface area contributed by atoms with Crippen LogP contribution < -0.4 is 4.90 Å². The van der Waals surface area contributed by atoms with E-state index in [1.165, 1.54) is 0 Å². The van der Waals surface area contributed by atoms with Gasteiger partial charge < -0.3 is 14.4 Å². The van der Waals surface area contributed by atoms with Crippen molar-refractivity contribution in [2.24, 2.45) is 11.8 Å². The molecule has 1 amide bonds. The number of benzene rings is 2. The molecule has 3 aliphatic heterocycles. The van der Waals surface area contributed by atoms with Gasteiger partial charge in [-0.2, -0.15) is 0 Å². The Morgan fingerprint density at radius 1 is 1.21 bits per heavy atom. The summed E-state index contributed by atoms with van der Waals surface area (Å²) in [4.78, 5) is 27.9. The van der Waals surface area contributed by atoms with Crippen LogP contribution in [0.4, 0.5) is 5.69 Å². The Kier molecular flexibility index (Phi) is 3.88. The average molecular weight is 375 g/mol. The summed E-state index contributed by atoms with van der Waals surface area (Å²) in [5.74, 6) is -1.58. The number of carbonyl (C=O) groups excluding carboxylic acids is 2. The van der Waals surface area contributed by atoms with Crippen LogP contribution in [0, 0.1) is 18.8 Å². The van der Waals surface area contributed by atoms with Gasteiger partial charge in [-0.3, -0.25) is 9.59 Å². The third-order valence-corrected chi connectivity index (χ3v) is 5.91. The number of fused-ring (bicyclic) bond motifs is 1. The molecule has 3 aliphatic rings. The Balaban J connectivity index is 1.39. The molecule has 142 valence electrons. The fourth-order valence-electron chi connectivity index (χ4n) is 4.61. The zero-order valence-corrected chi connectivity index (χ0v) is 15.6. The van der Waals surface area contributed by atoms with Gasteiger partial charge in [0.1, 0.15) is 18.1 Å². The summed E-state index contributed by atoms with van der Waals surface area (Å²) in [6, 6.07) is 17.4. The standard InChI is InChI=1S/C23H21NO4/c1-15-6-5-9-17(12-15)24-14-23-11-10-18(28-23)19(20(23)21(24)25)22(26)27-13-16-7-3-2-4-8-16/h2-12,18-20H,13-14H2,1H3/t18-,19-,20+,23+/m0/s1. The zero-order valence-electron chi connectivity index (χ0n) is 15.6. The van der Waals surface area contributed by atoms with Crippen molar-refractivity contribution < 1.29 is 19.1 Å². The maximum atomic E-state index is 13.3. The van der Waals surface area contributed by atoms with Crippen molar-refractivity contribution in [1.29, 1.82) is 0 Å². The molecule has 0 N–H and O–H groups in total. The Morgan fingerprint density at radius 3 is 2.82 bits per heavy atom. The van der Waals surface area contributed by atoms with E-state index in [-0.39, 0.29) is 18.5 Å². The van der Waals surface area contributed by atoms with Crippen LogP contribution in [-0.2, 0) is 25.7 Å². The Bertz CT molecular complexity index is 970. The SMILES string of the molecule is Cc1cccc(N2C[C@@]34C=C[C@H](O3)[C@H](C(=O)OCc3ccccc3)[C@@H]4C2=O)c1. The van der Waals surface area contributed by atoms with Crippen LogP contribution in [0.15, 0.2) is 66.7 Å². The predicted molar refractivity (Wildman–Crippen MR) is 103 cm³/mol. The van der Waals surface area contributed by atoms with Crippen LogP contribution in [-0.4, -0.2) is 30.1 Å². The molecule has 2 saturated heterocycles. The summed E-state index contributed by atoms with van der Waals surface area (Å²) >= 11 is 0. The predicted octanol–water partition coefficient (Wildman–Crippen LogP) is 3.02. The molecule has 2 bridgehead atoms. The molecule has 0 radical (unpaired) electrons. The first-order valence-corrected chi connectivity index (χ1v) is 9.53. The highest BCUT2D eigenvalue weighted by Crippen LogP contribution is 2.53. The van der Waals surface area contributed by atoms with Crippen molar-refractivity contribution in [1.82, 2.24) is 0 Å². The quantitative estimate of drug-likeness (QED) is 0.609. The second-order valence-corrected chi connectivity index (χ2v) is 7.76. The van der Waals surface area contributed by atoms with Crippen LogP contribution >= 0.6 is 0 Å². The molecule has 28 heavy (non-hydrogen) atoms. The van der Waals surface area contributed by atoms with E-state index in [0.717, 1.165) is 16.8 Å². The molecular weight excluding hydrogens is 354 g/mol. The lowest BCUT2D eigenvalue weighted by Crippen LogP contribution is -2.40. The Labute approximate surface area is 163 Å². The van der Waals surface area contributed by atoms with Crippen LogP contribution in [0.5, 0.6) is 0 Å². The van der Waals surface area contributed by atoms with Gasteiger partial charge in [0.05, 0.1) is 18.6 Å². The first-order valence-electron chi connectivity index (χ1n) is 9.53.